The molecular formula is C41H74NO8P. The van der Waals surface area contributed by atoms with Crippen molar-refractivity contribution in [3.8, 4) is 0 Å². The van der Waals surface area contributed by atoms with E-state index < -0.39 is 32.5 Å². The van der Waals surface area contributed by atoms with Crippen LogP contribution in [0.1, 0.15) is 168 Å². The molecule has 0 aliphatic rings. The molecule has 0 aromatic heterocycles. The maximum atomic E-state index is 12.5. The first-order valence-electron chi connectivity index (χ1n) is 20.1. The Kier molecular flexibility index (Phi) is 36.2. The zero-order chi connectivity index (χ0) is 37.5. The van der Waals surface area contributed by atoms with Crippen LogP contribution in [-0.2, 0) is 32.7 Å². The van der Waals surface area contributed by atoms with Crippen molar-refractivity contribution in [2.45, 2.75) is 174 Å². The summed E-state index contributed by atoms with van der Waals surface area (Å²) < 4.78 is 32.6. The molecule has 3 N–H and O–H groups in total. The fourth-order valence-corrected chi connectivity index (χ4v) is 6.00. The minimum atomic E-state index is -4.38. The first-order chi connectivity index (χ1) is 24.8. The van der Waals surface area contributed by atoms with E-state index in [-0.39, 0.29) is 32.6 Å². The lowest BCUT2D eigenvalue weighted by atomic mass is 10.1. The van der Waals surface area contributed by atoms with Crippen LogP contribution < -0.4 is 5.73 Å². The van der Waals surface area contributed by atoms with Crippen molar-refractivity contribution in [2.24, 2.45) is 5.73 Å². The summed E-state index contributed by atoms with van der Waals surface area (Å²) in [5.41, 5.74) is 5.33. The average Bonchev–Trinajstić information content (AvgIpc) is 3.11. The second kappa shape index (κ2) is 37.7. The maximum Gasteiger partial charge on any atom is 0.472 e. The minimum Gasteiger partial charge on any atom is -0.462 e. The zero-order valence-electron chi connectivity index (χ0n) is 32.3. The van der Waals surface area contributed by atoms with E-state index in [9.17, 15) is 19.0 Å². The number of rotatable bonds is 37. The fraction of sp³-hybridized carbons (Fsp3) is 0.756. The summed E-state index contributed by atoms with van der Waals surface area (Å²) in [5.74, 6) is -0.871. The normalized spacial score (nSPS) is 13.9. The van der Waals surface area contributed by atoms with E-state index in [1.807, 2.05) is 0 Å². The topological polar surface area (TPSA) is 134 Å². The standard InChI is InChI=1S/C41H74NO8P/c1-3-5-7-9-11-13-15-17-18-19-20-22-23-25-27-29-31-33-40(43)47-37-39(38-49-51(45,46)48-36-35-42)50-41(44)34-32-30-28-26-24-21-16-14-12-10-8-6-4-2/h6,8,12,14,17-18,21,24,39H,3-5,7,9-11,13,15-16,19-20,22-23,25-38,42H2,1-2H3,(H,45,46)/b8-6-,14-12-,18-17-,24-21-. The van der Waals surface area contributed by atoms with E-state index in [4.69, 9.17) is 24.3 Å². The summed E-state index contributed by atoms with van der Waals surface area (Å²) in [6, 6.07) is 0. The molecule has 0 aromatic carbocycles. The van der Waals surface area contributed by atoms with Gasteiger partial charge in [-0.15, -0.1) is 0 Å². The molecule has 0 radical (unpaired) electrons. The van der Waals surface area contributed by atoms with Crippen LogP contribution in [0.15, 0.2) is 48.6 Å². The van der Waals surface area contributed by atoms with E-state index in [0.29, 0.717) is 6.42 Å². The van der Waals surface area contributed by atoms with Gasteiger partial charge in [-0.05, 0) is 70.6 Å². The Hall–Kier alpha value is -2.03. The Bertz CT molecular complexity index is 981. The van der Waals surface area contributed by atoms with Gasteiger partial charge in [0.1, 0.15) is 6.61 Å². The molecule has 9 nitrogen and oxygen atoms in total. The number of phosphoric ester groups is 1. The molecule has 0 amide bonds. The van der Waals surface area contributed by atoms with Gasteiger partial charge in [-0.2, -0.15) is 0 Å². The Morgan fingerprint density at radius 2 is 1.08 bits per heavy atom. The van der Waals surface area contributed by atoms with Gasteiger partial charge in [0.25, 0.3) is 0 Å². The second-order valence-electron chi connectivity index (χ2n) is 13.1. The number of hydrogen-bond donors (Lipinski definition) is 2. The SMILES string of the molecule is CC/C=C\C/C=C\C/C=C\CCCCCC(=O)OC(COC(=O)CCCCCCCCC/C=C\CCCCCCCC)COP(=O)(O)OCCN. The number of ether oxygens (including phenoxy) is 2. The van der Waals surface area contributed by atoms with Crippen molar-refractivity contribution < 1.29 is 37.6 Å². The highest BCUT2D eigenvalue weighted by molar-refractivity contribution is 7.47. The Balaban J connectivity index is 4.22. The predicted molar refractivity (Wildman–Crippen MR) is 210 cm³/mol. The summed E-state index contributed by atoms with van der Waals surface area (Å²) in [7, 11) is -4.38. The third-order valence-corrected chi connectivity index (χ3v) is 9.18. The average molecular weight is 740 g/mol. The molecular weight excluding hydrogens is 665 g/mol. The quantitative estimate of drug-likeness (QED) is 0.0276. The van der Waals surface area contributed by atoms with E-state index in [1.165, 1.54) is 64.2 Å². The molecule has 2 unspecified atom stereocenters. The Morgan fingerprint density at radius 1 is 0.608 bits per heavy atom. The lowest BCUT2D eigenvalue weighted by Crippen LogP contribution is -2.29. The molecule has 0 aliphatic heterocycles. The van der Waals surface area contributed by atoms with Crippen LogP contribution in [0.2, 0.25) is 0 Å². The number of carbonyl (C=O) groups is 2. The van der Waals surface area contributed by atoms with Crippen LogP contribution in [0.3, 0.4) is 0 Å². The molecule has 51 heavy (non-hydrogen) atoms. The lowest BCUT2D eigenvalue weighted by Gasteiger charge is -2.19. The second-order valence-corrected chi connectivity index (χ2v) is 14.6. The van der Waals surface area contributed by atoms with Gasteiger partial charge in [0, 0.05) is 19.4 Å². The van der Waals surface area contributed by atoms with Crippen LogP contribution >= 0.6 is 7.82 Å². The molecule has 0 aromatic rings. The molecule has 2 atom stereocenters. The summed E-state index contributed by atoms with van der Waals surface area (Å²) >= 11 is 0. The van der Waals surface area contributed by atoms with Gasteiger partial charge in [0.05, 0.1) is 13.2 Å². The molecule has 296 valence electrons. The third kappa shape index (κ3) is 37.5. The van der Waals surface area contributed by atoms with E-state index >= 15 is 0 Å². The Labute approximate surface area is 311 Å². The van der Waals surface area contributed by atoms with Gasteiger partial charge >= 0.3 is 19.8 Å². The molecule has 0 bridgehead atoms. The van der Waals surface area contributed by atoms with Crippen LogP contribution in [0.5, 0.6) is 0 Å². The van der Waals surface area contributed by atoms with Crippen molar-refractivity contribution >= 4 is 19.8 Å². The van der Waals surface area contributed by atoms with Crippen molar-refractivity contribution in [3.63, 3.8) is 0 Å². The maximum absolute atomic E-state index is 12.5. The molecule has 0 heterocycles. The monoisotopic (exact) mass is 740 g/mol. The highest BCUT2D eigenvalue weighted by Crippen LogP contribution is 2.43. The van der Waals surface area contributed by atoms with Crippen molar-refractivity contribution in [3.05, 3.63) is 48.6 Å². The van der Waals surface area contributed by atoms with Crippen LogP contribution in [-0.4, -0.2) is 49.3 Å². The minimum absolute atomic E-state index is 0.0463. The van der Waals surface area contributed by atoms with Crippen LogP contribution in [0.4, 0.5) is 0 Å². The number of unbranched alkanes of at least 4 members (excludes halogenated alkanes) is 16. The highest BCUT2D eigenvalue weighted by Gasteiger charge is 2.25. The predicted octanol–water partition coefficient (Wildman–Crippen LogP) is 11.2. The van der Waals surface area contributed by atoms with Gasteiger partial charge < -0.3 is 20.1 Å². The number of phosphoric acid groups is 1. The first kappa shape index (κ1) is 49.0. The largest absolute Gasteiger partial charge is 0.472 e. The summed E-state index contributed by atoms with van der Waals surface area (Å²) in [5, 5.41) is 0. The fourth-order valence-electron chi connectivity index (χ4n) is 5.23. The van der Waals surface area contributed by atoms with Crippen molar-refractivity contribution in [2.75, 3.05) is 26.4 Å². The Morgan fingerprint density at radius 3 is 1.65 bits per heavy atom. The third-order valence-electron chi connectivity index (χ3n) is 8.20. The number of nitrogens with two attached hydrogens (primary N) is 1. The summed E-state index contributed by atoms with van der Waals surface area (Å²) in [6.45, 7) is 3.56. The summed E-state index contributed by atoms with van der Waals surface area (Å²) in [6.07, 6.45) is 41.4. The molecule has 0 fully saturated rings. The lowest BCUT2D eigenvalue weighted by molar-refractivity contribution is -0.161. The smallest absolute Gasteiger partial charge is 0.462 e. The van der Waals surface area contributed by atoms with Gasteiger partial charge in [-0.3, -0.25) is 18.6 Å². The van der Waals surface area contributed by atoms with E-state index in [1.54, 1.807) is 0 Å². The van der Waals surface area contributed by atoms with Crippen molar-refractivity contribution in [1.82, 2.24) is 0 Å². The van der Waals surface area contributed by atoms with Gasteiger partial charge in [-0.25, -0.2) is 4.57 Å². The van der Waals surface area contributed by atoms with E-state index in [2.05, 4.69) is 62.5 Å². The van der Waals surface area contributed by atoms with Gasteiger partial charge in [0.15, 0.2) is 6.10 Å². The van der Waals surface area contributed by atoms with Crippen LogP contribution in [0.25, 0.3) is 0 Å². The highest BCUT2D eigenvalue weighted by atomic mass is 31.2. The number of allylic oxidation sites excluding steroid dienone is 8. The molecule has 0 saturated carbocycles. The van der Waals surface area contributed by atoms with Gasteiger partial charge in [-0.1, -0.05) is 133 Å². The number of carbonyl (C=O) groups excluding carboxylic acids is 2. The van der Waals surface area contributed by atoms with Crippen LogP contribution in [0, 0.1) is 0 Å². The number of esters is 2. The number of hydrogen-bond acceptors (Lipinski definition) is 8. The zero-order valence-corrected chi connectivity index (χ0v) is 33.2. The molecule has 0 aliphatic carbocycles. The van der Waals surface area contributed by atoms with Gasteiger partial charge in [0.2, 0.25) is 0 Å². The summed E-state index contributed by atoms with van der Waals surface area (Å²) in [4.78, 5) is 34.7. The molecule has 0 saturated heterocycles. The first-order valence-corrected chi connectivity index (χ1v) is 21.6. The molecule has 0 rings (SSSR count). The molecule has 10 heteroatoms. The van der Waals surface area contributed by atoms with E-state index in [0.717, 1.165) is 70.6 Å². The van der Waals surface area contributed by atoms with Crippen molar-refractivity contribution in [1.29, 1.82) is 0 Å². The molecule has 0 spiro atoms.